The molecule has 1 atom stereocenters. The predicted octanol–water partition coefficient (Wildman–Crippen LogP) is 4.35. The van der Waals surface area contributed by atoms with Crippen LogP contribution in [0.2, 0.25) is 0 Å². The smallest absolute Gasteiger partial charge is 0.295 e. The fourth-order valence-corrected chi connectivity index (χ4v) is 4.95. The highest BCUT2D eigenvalue weighted by Gasteiger charge is 2.46. The van der Waals surface area contributed by atoms with Gasteiger partial charge in [-0.15, -0.1) is 0 Å². The van der Waals surface area contributed by atoms with E-state index in [2.05, 4.69) is 11.9 Å². The molecule has 2 aliphatic rings. The maximum Gasteiger partial charge on any atom is 0.295 e. The van der Waals surface area contributed by atoms with Crippen molar-refractivity contribution in [1.82, 2.24) is 14.5 Å². The molecular formula is C30H33N3O7. The number of likely N-dealkylation sites (tertiary alicyclic amines) is 1. The predicted molar refractivity (Wildman–Crippen MR) is 147 cm³/mol. The van der Waals surface area contributed by atoms with E-state index in [9.17, 15) is 14.7 Å². The van der Waals surface area contributed by atoms with Gasteiger partial charge in [0.15, 0.2) is 23.0 Å². The van der Waals surface area contributed by atoms with E-state index >= 15 is 0 Å². The molecule has 2 aliphatic heterocycles. The molecule has 3 aromatic rings. The number of rotatable bonds is 11. The summed E-state index contributed by atoms with van der Waals surface area (Å²) in [5.74, 6) is 0.388. The number of fused-ring (bicyclic) bond motifs is 1. The Labute approximate surface area is 232 Å². The van der Waals surface area contributed by atoms with Crippen LogP contribution < -0.4 is 18.9 Å². The lowest BCUT2D eigenvalue weighted by molar-refractivity contribution is -0.139. The minimum absolute atomic E-state index is 0.00557. The van der Waals surface area contributed by atoms with Gasteiger partial charge in [-0.25, -0.2) is 4.98 Å². The number of imidazole rings is 1. The summed E-state index contributed by atoms with van der Waals surface area (Å²) >= 11 is 0. The molecule has 210 valence electrons. The molecule has 1 amide bonds. The molecule has 0 aliphatic carbocycles. The van der Waals surface area contributed by atoms with Crippen molar-refractivity contribution in [2.45, 2.75) is 38.8 Å². The number of Topliss-reactive ketones (excluding diaryl/α,β-unsaturated/α-hetero) is 1. The Morgan fingerprint density at radius 1 is 1.05 bits per heavy atom. The van der Waals surface area contributed by atoms with Crippen LogP contribution in [0, 0.1) is 0 Å². The second-order valence-corrected chi connectivity index (χ2v) is 9.62. The Bertz CT molecular complexity index is 1400. The summed E-state index contributed by atoms with van der Waals surface area (Å²) in [6.07, 6.45) is 7.71. The monoisotopic (exact) mass is 547 g/mol. The van der Waals surface area contributed by atoms with Gasteiger partial charge in [-0.1, -0.05) is 19.4 Å². The van der Waals surface area contributed by atoms with Crippen molar-refractivity contribution in [2.24, 2.45) is 0 Å². The summed E-state index contributed by atoms with van der Waals surface area (Å²) in [5, 5.41) is 11.5. The fraction of sp³-hybridized carbons (Fsp3) is 0.367. The molecular weight excluding hydrogens is 514 g/mol. The molecule has 0 saturated carbocycles. The second kappa shape index (κ2) is 12.1. The van der Waals surface area contributed by atoms with E-state index in [-0.39, 0.29) is 11.3 Å². The van der Waals surface area contributed by atoms with Crippen molar-refractivity contribution in [3.8, 4) is 23.0 Å². The molecule has 40 heavy (non-hydrogen) atoms. The van der Waals surface area contributed by atoms with Gasteiger partial charge in [0.05, 0.1) is 31.7 Å². The third kappa shape index (κ3) is 5.47. The van der Waals surface area contributed by atoms with Crippen molar-refractivity contribution < 1.29 is 33.6 Å². The van der Waals surface area contributed by atoms with Crippen LogP contribution in [0.25, 0.3) is 5.76 Å². The highest BCUT2D eigenvalue weighted by molar-refractivity contribution is 6.46. The number of methoxy groups -OCH3 is 1. The standard InChI is InChI=1S/C30H33N3O7/c1-3-4-14-38-22-8-6-20(17-24(22)37-2)27-26(28(34)21-7-9-23-25(18-21)40-16-15-39-23)29(35)30(36)33(27)12-5-11-32-13-10-31-19-32/h6-10,13,17-19,27,34H,3-5,11-12,14-16H2,1-2H3/b28-26+. The van der Waals surface area contributed by atoms with Crippen molar-refractivity contribution in [2.75, 3.05) is 33.5 Å². The lowest BCUT2D eigenvalue weighted by Gasteiger charge is -2.26. The average Bonchev–Trinajstić information content (AvgIpc) is 3.59. The number of hydrogen-bond donors (Lipinski definition) is 1. The molecule has 0 radical (unpaired) electrons. The highest BCUT2D eigenvalue weighted by Crippen LogP contribution is 2.43. The summed E-state index contributed by atoms with van der Waals surface area (Å²) in [5.41, 5.74) is 0.990. The van der Waals surface area contributed by atoms with E-state index < -0.39 is 17.7 Å². The maximum atomic E-state index is 13.5. The number of unbranched alkanes of at least 4 members (excludes halogenated alkanes) is 1. The fourth-order valence-electron chi connectivity index (χ4n) is 4.95. The number of aliphatic hydroxyl groups is 1. The zero-order valence-corrected chi connectivity index (χ0v) is 22.7. The van der Waals surface area contributed by atoms with Crippen LogP contribution >= 0.6 is 0 Å². The number of amides is 1. The molecule has 10 nitrogen and oxygen atoms in total. The third-order valence-electron chi connectivity index (χ3n) is 6.99. The van der Waals surface area contributed by atoms with Gasteiger partial charge >= 0.3 is 0 Å². The van der Waals surface area contributed by atoms with Gasteiger partial charge in [0.25, 0.3) is 11.7 Å². The zero-order valence-electron chi connectivity index (χ0n) is 22.7. The summed E-state index contributed by atoms with van der Waals surface area (Å²) in [4.78, 5) is 32.4. The maximum absolute atomic E-state index is 13.5. The van der Waals surface area contributed by atoms with Crippen molar-refractivity contribution in [3.63, 3.8) is 0 Å². The molecule has 1 unspecified atom stereocenters. The molecule has 1 saturated heterocycles. The molecule has 1 N–H and O–H groups in total. The van der Waals surface area contributed by atoms with Crippen LogP contribution in [0.4, 0.5) is 0 Å². The number of aryl methyl sites for hydroxylation is 1. The van der Waals surface area contributed by atoms with Gasteiger partial charge in [-0.05, 0) is 48.7 Å². The number of hydrogen-bond acceptors (Lipinski definition) is 8. The van der Waals surface area contributed by atoms with E-state index in [1.165, 1.54) is 4.90 Å². The first-order valence-corrected chi connectivity index (χ1v) is 13.5. The van der Waals surface area contributed by atoms with Gasteiger partial charge in [-0.2, -0.15) is 0 Å². The van der Waals surface area contributed by atoms with Gasteiger partial charge in [-0.3, -0.25) is 9.59 Å². The number of nitrogens with zero attached hydrogens (tertiary/aromatic N) is 3. The van der Waals surface area contributed by atoms with E-state index in [0.29, 0.717) is 73.5 Å². The molecule has 5 rings (SSSR count). The van der Waals surface area contributed by atoms with Crippen LogP contribution in [-0.4, -0.2) is 64.7 Å². The number of ether oxygens (including phenoxy) is 4. The number of carbonyl (C=O) groups excluding carboxylic acids is 2. The highest BCUT2D eigenvalue weighted by atomic mass is 16.6. The van der Waals surface area contributed by atoms with Gasteiger partial charge in [0.2, 0.25) is 0 Å². The largest absolute Gasteiger partial charge is 0.507 e. The van der Waals surface area contributed by atoms with E-state index in [0.717, 1.165) is 12.8 Å². The SMILES string of the molecule is CCCCOc1ccc(C2/C(=C(\O)c3ccc4c(c3)OCCO4)C(=O)C(=O)N2CCCn2ccnc2)cc1OC. The minimum Gasteiger partial charge on any atom is -0.507 e. The third-order valence-corrected chi connectivity index (χ3v) is 6.99. The van der Waals surface area contributed by atoms with Gasteiger partial charge in [0, 0.05) is 31.0 Å². The summed E-state index contributed by atoms with van der Waals surface area (Å²) < 4.78 is 24.7. The van der Waals surface area contributed by atoms with Crippen LogP contribution in [0.1, 0.15) is 43.4 Å². The number of carbonyl (C=O) groups is 2. The molecule has 10 heteroatoms. The van der Waals surface area contributed by atoms with E-state index in [4.69, 9.17) is 18.9 Å². The Balaban J connectivity index is 1.54. The van der Waals surface area contributed by atoms with Crippen molar-refractivity contribution in [1.29, 1.82) is 0 Å². The first-order chi connectivity index (χ1) is 19.5. The summed E-state index contributed by atoms with van der Waals surface area (Å²) in [6.45, 7) is 4.35. The van der Waals surface area contributed by atoms with E-state index in [1.54, 1.807) is 56.0 Å². The molecule has 0 spiro atoms. The van der Waals surface area contributed by atoms with Gasteiger partial charge in [0.1, 0.15) is 19.0 Å². The molecule has 1 aromatic heterocycles. The minimum atomic E-state index is -0.824. The average molecular weight is 548 g/mol. The molecule has 2 aromatic carbocycles. The van der Waals surface area contributed by atoms with E-state index in [1.807, 2.05) is 10.8 Å². The summed E-state index contributed by atoms with van der Waals surface area (Å²) in [7, 11) is 1.54. The van der Waals surface area contributed by atoms with Crippen molar-refractivity contribution in [3.05, 3.63) is 71.8 Å². The van der Waals surface area contributed by atoms with Crippen LogP contribution in [-0.2, 0) is 16.1 Å². The first kappa shape index (κ1) is 27.1. The topological polar surface area (TPSA) is 112 Å². The Hall–Kier alpha value is -4.47. The lowest BCUT2D eigenvalue weighted by Crippen LogP contribution is -2.31. The van der Waals surface area contributed by atoms with Crippen LogP contribution in [0.15, 0.2) is 60.7 Å². The van der Waals surface area contributed by atoms with Crippen molar-refractivity contribution >= 4 is 17.4 Å². The zero-order chi connectivity index (χ0) is 28.1. The Kier molecular flexibility index (Phi) is 8.23. The first-order valence-electron chi connectivity index (χ1n) is 13.5. The number of aromatic nitrogens is 2. The quantitative estimate of drug-likeness (QED) is 0.163. The molecule has 0 bridgehead atoms. The molecule has 1 fully saturated rings. The van der Waals surface area contributed by atoms with Crippen LogP contribution in [0.5, 0.6) is 23.0 Å². The normalized spacial score (nSPS) is 17.8. The van der Waals surface area contributed by atoms with Crippen LogP contribution in [0.3, 0.4) is 0 Å². The van der Waals surface area contributed by atoms with Gasteiger partial charge < -0.3 is 33.5 Å². The molecule has 3 heterocycles. The Morgan fingerprint density at radius 3 is 2.62 bits per heavy atom. The number of ketones is 1. The number of benzene rings is 2. The number of aliphatic hydroxyl groups excluding tert-OH is 1. The summed E-state index contributed by atoms with van der Waals surface area (Å²) in [6, 6.07) is 9.48. The Morgan fingerprint density at radius 2 is 1.88 bits per heavy atom. The second-order valence-electron chi connectivity index (χ2n) is 9.62. The lowest BCUT2D eigenvalue weighted by atomic mass is 9.94.